The number of aromatic nitrogens is 2. The van der Waals surface area contributed by atoms with Crippen LogP contribution in [0.25, 0.3) is 11.3 Å². The second-order valence-corrected chi connectivity index (χ2v) is 11.4. The predicted octanol–water partition coefficient (Wildman–Crippen LogP) is 5.89. The Bertz CT molecular complexity index is 1060. The number of carbonyl (C=O) groups excluding carboxylic acids is 2. The van der Waals surface area contributed by atoms with Gasteiger partial charge in [0, 0.05) is 17.6 Å². The lowest BCUT2D eigenvalue weighted by molar-refractivity contribution is -0.136. The number of benzene rings is 1. The molecule has 2 amide bonds. The Balaban J connectivity index is 1.46. The van der Waals surface area contributed by atoms with Crippen molar-refractivity contribution in [3.63, 3.8) is 0 Å². The fraction of sp³-hybridized carbons (Fsp3) is 0.633. The molecular weight excluding hydrogens is 448 g/mol. The predicted molar refractivity (Wildman–Crippen MR) is 143 cm³/mol. The van der Waals surface area contributed by atoms with Gasteiger partial charge in [-0.25, -0.2) is 0 Å². The summed E-state index contributed by atoms with van der Waals surface area (Å²) >= 11 is 0. The molecular formula is C30H42N4O2. The Morgan fingerprint density at radius 3 is 2.25 bits per heavy atom. The normalized spacial score (nSPS) is 24.2. The van der Waals surface area contributed by atoms with E-state index in [4.69, 9.17) is 5.10 Å². The van der Waals surface area contributed by atoms with E-state index in [0.717, 1.165) is 69.0 Å². The molecule has 2 heterocycles. The van der Waals surface area contributed by atoms with Gasteiger partial charge in [-0.15, -0.1) is 0 Å². The highest BCUT2D eigenvalue weighted by atomic mass is 16.2. The lowest BCUT2D eigenvalue weighted by atomic mass is 9.86. The highest BCUT2D eigenvalue weighted by molar-refractivity contribution is 6.00. The van der Waals surface area contributed by atoms with Crippen molar-refractivity contribution >= 4 is 11.8 Å². The van der Waals surface area contributed by atoms with Crippen LogP contribution < -0.4 is 5.32 Å². The maximum Gasteiger partial charge on any atom is 0.273 e. The van der Waals surface area contributed by atoms with E-state index in [2.05, 4.69) is 36.5 Å². The van der Waals surface area contributed by atoms with Crippen LogP contribution in [0.15, 0.2) is 30.3 Å². The molecule has 0 radical (unpaired) electrons. The van der Waals surface area contributed by atoms with E-state index in [1.165, 1.54) is 31.2 Å². The van der Waals surface area contributed by atoms with Crippen LogP contribution in [0.4, 0.5) is 0 Å². The van der Waals surface area contributed by atoms with Gasteiger partial charge in [-0.1, -0.05) is 82.6 Å². The van der Waals surface area contributed by atoms with E-state index in [1.807, 2.05) is 17.9 Å². The first kappa shape index (κ1) is 25.0. The van der Waals surface area contributed by atoms with Crippen molar-refractivity contribution in [3.05, 3.63) is 41.6 Å². The zero-order valence-corrected chi connectivity index (χ0v) is 22.1. The van der Waals surface area contributed by atoms with Crippen LogP contribution in [0.1, 0.15) is 107 Å². The van der Waals surface area contributed by atoms with E-state index in [-0.39, 0.29) is 23.9 Å². The number of amides is 2. The minimum atomic E-state index is -0.941. The number of rotatable bonds is 5. The number of carbonyl (C=O) groups is 2. The summed E-state index contributed by atoms with van der Waals surface area (Å²) in [5.74, 6) is -0.0607. The van der Waals surface area contributed by atoms with Crippen LogP contribution in [0.3, 0.4) is 0 Å². The molecule has 1 aliphatic heterocycles. The molecule has 6 nitrogen and oxygen atoms in total. The maximum atomic E-state index is 14.1. The molecule has 5 rings (SSSR count). The van der Waals surface area contributed by atoms with Gasteiger partial charge >= 0.3 is 0 Å². The smallest absolute Gasteiger partial charge is 0.273 e. The van der Waals surface area contributed by atoms with Crippen molar-refractivity contribution in [3.8, 4) is 11.3 Å². The second kappa shape index (κ2) is 10.8. The van der Waals surface area contributed by atoms with Gasteiger partial charge < -0.3 is 10.2 Å². The largest absolute Gasteiger partial charge is 0.351 e. The van der Waals surface area contributed by atoms with Gasteiger partial charge in [0.2, 0.25) is 5.91 Å². The number of nitrogens with one attached hydrogen (secondary N) is 1. The Morgan fingerprint density at radius 1 is 0.972 bits per heavy atom. The molecule has 2 saturated carbocycles. The summed E-state index contributed by atoms with van der Waals surface area (Å²) in [6.45, 7) is 4.51. The van der Waals surface area contributed by atoms with Crippen LogP contribution in [-0.4, -0.2) is 44.1 Å². The Hall–Kier alpha value is -2.63. The third-order valence-electron chi connectivity index (χ3n) is 8.73. The van der Waals surface area contributed by atoms with Crippen molar-refractivity contribution in [1.82, 2.24) is 20.0 Å². The van der Waals surface area contributed by atoms with Crippen LogP contribution in [-0.2, 0) is 17.8 Å². The SMILES string of the molecule is CCc1ccc(-c2cc3n(n2)C[C@@](C)(C(=O)NC2CCCCCCC2)N(C2CCCCC2)C3=O)cc1. The van der Waals surface area contributed by atoms with Gasteiger partial charge in [-0.05, 0) is 50.7 Å². The Labute approximate surface area is 215 Å². The lowest BCUT2D eigenvalue weighted by Crippen LogP contribution is -2.67. The minimum absolute atomic E-state index is 0.0120. The topological polar surface area (TPSA) is 67.2 Å². The average molecular weight is 491 g/mol. The van der Waals surface area contributed by atoms with Crippen molar-refractivity contribution in [2.45, 2.75) is 121 Å². The van der Waals surface area contributed by atoms with Crippen LogP contribution in [0.5, 0.6) is 0 Å². The summed E-state index contributed by atoms with van der Waals surface area (Å²) in [4.78, 5) is 30.0. The van der Waals surface area contributed by atoms with Gasteiger partial charge in [0.15, 0.2) is 0 Å². The zero-order chi connectivity index (χ0) is 25.1. The van der Waals surface area contributed by atoms with Gasteiger partial charge in [0.1, 0.15) is 11.2 Å². The Morgan fingerprint density at radius 2 is 1.58 bits per heavy atom. The maximum absolute atomic E-state index is 14.1. The molecule has 1 aromatic carbocycles. The number of hydrogen-bond acceptors (Lipinski definition) is 3. The molecule has 3 aliphatic rings. The third-order valence-corrected chi connectivity index (χ3v) is 8.73. The fourth-order valence-corrected chi connectivity index (χ4v) is 6.51. The molecule has 0 bridgehead atoms. The summed E-state index contributed by atoms with van der Waals surface area (Å²) < 4.78 is 1.79. The van der Waals surface area contributed by atoms with Crippen molar-refractivity contribution in [2.24, 2.45) is 0 Å². The summed E-state index contributed by atoms with van der Waals surface area (Å²) in [5, 5.41) is 8.24. The van der Waals surface area contributed by atoms with E-state index in [1.54, 1.807) is 4.68 Å². The van der Waals surface area contributed by atoms with Crippen LogP contribution in [0.2, 0.25) is 0 Å². The fourth-order valence-electron chi connectivity index (χ4n) is 6.51. The molecule has 0 unspecified atom stereocenters. The molecule has 0 spiro atoms. The van der Waals surface area contributed by atoms with E-state index in [0.29, 0.717) is 12.2 Å². The second-order valence-electron chi connectivity index (χ2n) is 11.4. The van der Waals surface area contributed by atoms with Crippen molar-refractivity contribution < 1.29 is 9.59 Å². The zero-order valence-electron chi connectivity index (χ0n) is 22.1. The lowest BCUT2D eigenvalue weighted by Gasteiger charge is -2.48. The monoisotopic (exact) mass is 490 g/mol. The molecule has 2 aliphatic carbocycles. The minimum Gasteiger partial charge on any atom is -0.351 e. The number of fused-ring (bicyclic) bond motifs is 1. The van der Waals surface area contributed by atoms with Gasteiger partial charge in [-0.2, -0.15) is 5.10 Å². The standard InChI is InChI=1S/C30H42N4O2/c1-3-22-16-18-23(19-17-22)26-20-27-28(35)34(25-14-10-7-11-15-25)30(2,21-33(27)32-26)29(36)31-24-12-8-5-4-6-9-13-24/h16-20,24-25H,3-15,21H2,1-2H3,(H,31,36)/t30-/m0/s1. The first-order valence-corrected chi connectivity index (χ1v) is 14.3. The molecule has 6 heteroatoms. The van der Waals surface area contributed by atoms with Gasteiger partial charge in [-0.3, -0.25) is 14.3 Å². The highest BCUT2D eigenvalue weighted by Crippen LogP contribution is 2.36. The van der Waals surface area contributed by atoms with E-state index in [9.17, 15) is 9.59 Å². The molecule has 36 heavy (non-hydrogen) atoms. The Kier molecular flexibility index (Phi) is 7.49. The molecule has 194 valence electrons. The van der Waals surface area contributed by atoms with E-state index < -0.39 is 5.54 Å². The molecule has 2 fully saturated rings. The van der Waals surface area contributed by atoms with Crippen LogP contribution in [0, 0.1) is 0 Å². The molecule has 1 aromatic heterocycles. The summed E-state index contributed by atoms with van der Waals surface area (Å²) in [7, 11) is 0. The highest BCUT2D eigenvalue weighted by Gasteiger charge is 2.51. The molecule has 1 N–H and O–H groups in total. The summed E-state index contributed by atoms with van der Waals surface area (Å²) in [5.41, 5.74) is 2.75. The molecule has 2 aromatic rings. The van der Waals surface area contributed by atoms with Crippen molar-refractivity contribution in [1.29, 1.82) is 0 Å². The number of aryl methyl sites for hydroxylation is 1. The number of hydrogen-bond donors (Lipinski definition) is 1. The van der Waals surface area contributed by atoms with Gasteiger partial charge in [0.05, 0.1) is 12.2 Å². The van der Waals surface area contributed by atoms with Gasteiger partial charge in [0.25, 0.3) is 5.91 Å². The first-order valence-electron chi connectivity index (χ1n) is 14.3. The third kappa shape index (κ3) is 4.96. The van der Waals surface area contributed by atoms with Crippen molar-refractivity contribution in [2.75, 3.05) is 0 Å². The first-order chi connectivity index (χ1) is 17.5. The average Bonchev–Trinajstić information content (AvgIpc) is 3.30. The quantitative estimate of drug-likeness (QED) is 0.568. The van der Waals surface area contributed by atoms with E-state index >= 15 is 0 Å². The summed E-state index contributed by atoms with van der Waals surface area (Å²) in [6.07, 6.45) is 14.5. The van der Waals surface area contributed by atoms with Crippen LogP contribution >= 0.6 is 0 Å². The molecule has 1 atom stereocenters. The number of nitrogens with zero attached hydrogens (tertiary/aromatic N) is 3. The summed E-state index contributed by atoms with van der Waals surface area (Å²) in [6, 6.07) is 10.6. The molecule has 0 saturated heterocycles.